The Labute approximate surface area is 179 Å². The maximum atomic E-state index is 12.9. The van der Waals surface area contributed by atoms with E-state index in [-0.39, 0.29) is 13.0 Å². The summed E-state index contributed by atoms with van der Waals surface area (Å²) in [5.74, 6) is -3.48. The SMILES string of the molecule is O=C(COC(=O)[C@@H]1CC(=O)N(NC(=O)c2ccc(Br)cc2)C1)Nc1ccc(F)cc1. The Balaban J connectivity index is 1.47. The van der Waals surface area contributed by atoms with Gasteiger partial charge >= 0.3 is 5.97 Å². The topological polar surface area (TPSA) is 105 Å². The molecule has 1 atom stereocenters. The van der Waals surface area contributed by atoms with Crippen LogP contribution in [0.3, 0.4) is 0 Å². The van der Waals surface area contributed by atoms with Crippen molar-refractivity contribution in [3.8, 4) is 0 Å². The molecule has 0 aromatic heterocycles. The van der Waals surface area contributed by atoms with Crippen molar-refractivity contribution in [3.63, 3.8) is 0 Å². The number of carbonyl (C=O) groups excluding carboxylic acids is 4. The average Bonchev–Trinajstić information content (AvgIpc) is 3.09. The van der Waals surface area contributed by atoms with Crippen LogP contribution in [-0.4, -0.2) is 41.9 Å². The van der Waals surface area contributed by atoms with Crippen molar-refractivity contribution in [3.05, 3.63) is 64.4 Å². The molecule has 2 aromatic carbocycles. The second-order valence-corrected chi connectivity index (χ2v) is 7.43. The summed E-state index contributed by atoms with van der Waals surface area (Å²) in [6.45, 7) is -0.605. The van der Waals surface area contributed by atoms with Crippen LogP contribution in [0.2, 0.25) is 0 Å². The molecule has 1 aliphatic heterocycles. The number of hydrogen-bond acceptors (Lipinski definition) is 5. The van der Waals surface area contributed by atoms with E-state index in [0.717, 1.165) is 9.48 Å². The molecule has 0 radical (unpaired) electrons. The van der Waals surface area contributed by atoms with Crippen molar-refractivity contribution >= 4 is 45.3 Å². The number of rotatable bonds is 6. The Morgan fingerprint density at radius 3 is 2.43 bits per heavy atom. The monoisotopic (exact) mass is 477 g/mol. The largest absolute Gasteiger partial charge is 0.455 e. The van der Waals surface area contributed by atoms with Crippen molar-refractivity contribution in [1.29, 1.82) is 0 Å². The average molecular weight is 478 g/mol. The van der Waals surface area contributed by atoms with Gasteiger partial charge in [0, 0.05) is 22.1 Å². The fourth-order valence-corrected chi connectivity index (χ4v) is 3.01. The smallest absolute Gasteiger partial charge is 0.311 e. The number of hydrogen-bond donors (Lipinski definition) is 2. The summed E-state index contributed by atoms with van der Waals surface area (Å²) in [6.07, 6.45) is -0.140. The molecule has 10 heteroatoms. The lowest BCUT2D eigenvalue weighted by molar-refractivity contribution is -0.151. The van der Waals surface area contributed by atoms with Crippen molar-refractivity contribution < 1.29 is 28.3 Å². The van der Waals surface area contributed by atoms with Crippen LogP contribution in [0.4, 0.5) is 10.1 Å². The van der Waals surface area contributed by atoms with Crippen molar-refractivity contribution in [2.45, 2.75) is 6.42 Å². The highest BCUT2D eigenvalue weighted by atomic mass is 79.9. The molecule has 156 valence electrons. The molecule has 1 aliphatic rings. The van der Waals surface area contributed by atoms with E-state index < -0.39 is 42.0 Å². The Morgan fingerprint density at radius 2 is 1.77 bits per heavy atom. The molecule has 1 fully saturated rings. The molecule has 1 heterocycles. The molecule has 2 aromatic rings. The third-order valence-corrected chi connectivity index (χ3v) is 4.80. The van der Waals surface area contributed by atoms with Gasteiger partial charge in [0.15, 0.2) is 6.61 Å². The number of halogens is 2. The molecule has 8 nitrogen and oxygen atoms in total. The van der Waals surface area contributed by atoms with Gasteiger partial charge < -0.3 is 10.1 Å². The standard InChI is InChI=1S/C20H17BrFN3O5/c21-14-3-1-12(2-4-14)19(28)24-25-10-13(9-18(25)27)20(29)30-11-17(26)23-16-7-5-15(22)6-8-16/h1-8,13H,9-11H2,(H,23,26)(H,24,28)/t13-/m1/s1. The maximum Gasteiger partial charge on any atom is 0.311 e. The van der Waals surface area contributed by atoms with Crippen LogP contribution in [0.15, 0.2) is 53.0 Å². The Bertz CT molecular complexity index is 965. The molecule has 1 saturated heterocycles. The van der Waals surface area contributed by atoms with Crippen LogP contribution < -0.4 is 10.7 Å². The molecule has 0 spiro atoms. The first-order chi connectivity index (χ1) is 14.3. The van der Waals surface area contributed by atoms with E-state index in [1.165, 1.54) is 24.3 Å². The van der Waals surface area contributed by atoms with E-state index in [1.807, 2.05) is 0 Å². The molecular formula is C20H17BrFN3O5. The number of nitrogens with one attached hydrogen (secondary N) is 2. The second-order valence-electron chi connectivity index (χ2n) is 6.52. The number of esters is 1. The summed E-state index contributed by atoms with van der Waals surface area (Å²) in [5, 5.41) is 3.52. The van der Waals surface area contributed by atoms with Crippen molar-refractivity contribution in [2.75, 3.05) is 18.5 Å². The minimum absolute atomic E-state index is 0.0560. The second kappa shape index (κ2) is 9.49. The van der Waals surface area contributed by atoms with E-state index >= 15 is 0 Å². The number of carbonyl (C=O) groups is 4. The number of amides is 3. The van der Waals surface area contributed by atoms with Crippen molar-refractivity contribution in [1.82, 2.24) is 10.4 Å². The van der Waals surface area contributed by atoms with E-state index in [1.54, 1.807) is 24.3 Å². The van der Waals surface area contributed by atoms with Crippen LogP contribution in [0, 0.1) is 11.7 Å². The maximum absolute atomic E-state index is 12.9. The molecular weight excluding hydrogens is 461 g/mol. The quantitative estimate of drug-likeness (QED) is 0.620. The van der Waals surface area contributed by atoms with Gasteiger partial charge in [0.05, 0.1) is 12.5 Å². The molecule has 0 bridgehead atoms. The third-order valence-electron chi connectivity index (χ3n) is 4.27. The number of ether oxygens (including phenoxy) is 1. The number of anilines is 1. The molecule has 0 aliphatic carbocycles. The highest BCUT2D eigenvalue weighted by Gasteiger charge is 2.36. The van der Waals surface area contributed by atoms with E-state index in [4.69, 9.17) is 4.74 Å². The van der Waals surface area contributed by atoms with Gasteiger partial charge in [0.2, 0.25) is 5.91 Å². The normalized spacial score (nSPS) is 15.6. The predicted octanol–water partition coefficient (Wildman–Crippen LogP) is 2.26. The first-order valence-corrected chi connectivity index (χ1v) is 9.70. The van der Waals surface area contributed by atoms with Gasteiger partial charge in [0.25, 0.3) is 11.8 Å². The molecule has 30 heavy (non-hydrogen) atoms. The summed E-state index contributed by atoms with van der Waals surface area (Å²) in [6, 6.07) is 11.7. The number of nitrogens with zero attached hydrogens (tertiary/aromatic N) is 1. The fourth-order valence-electron chi connectivity index (χ4n) is 2.75. The molecule has 0 unspecified atom stereocenters. The van der Waals surface area contributed by atoms with Gasteiger partial charge in [-0.15, -0.1) is 0 Å². The number of hydrazine groups is 1. The van der Waals surface area contributed by atoms with Gasteiger partial charge in [-0.2, -0.15) is 0 Å². The van der Waals surface area contributed by atoms with Crippen LogP contribution >= 0.6 is 15.9 Å². The third kappa shape index (κ3) is 5.63. The first-order valence-electron chi connectivity index (χ1n) is 8.91. The first kappa shape index (κ1) is 21.4. The van der Waals surface area contributed by atoms with Gasteiger partial charge in [-0.05, 0) is 48.5 Å². The van der Waals surface area contributed by atoms with Crippen LogP contribution in [-0.2, 0) is 19.1 Å². The van der Waals surface area contributed by atoms with E-state index in [2.05, 4.69) is 26.7 Å². The predicted molar refractivity (Wildman–Crippen MR) is 107 cm³/mol. The highest BCUT2D eigenvalue weighted by Crippen LogP contribution is 2.18. The molecule has 2 N–H and O–H groups in total. The van der Waals surface area contributed by atoms with Gasteiger partial charge in [-0.3, -0.25) is 29.6 Å². The lowest BCUT2D eigenvalue weighted by atomic mass is 10.1. The minimum atomic E-state index is -0.804. The zero-order valence-corrected chi connectivity index (χ0v) is 17.1. The highest BCUT2D eigenvalue weighted by molar-refractivity contribution is 9.10. The molecule has 0 saturated carbocycles. The minimum Gasteiger partial charge on any atom is -0.455 e. The van der Waals surface area contributed by atoms with Crippen LogP contribution in [0.25, 0.3) is 0 Å². The van der Waals surface area contributed by atoms with Crippen LogP contribution in [0.1, 0.15) is 16.8 Å². The summed E-state index contributed by atoms with van der Waals surface area (Å²) in [5.41, 5.74) is 3.18. The van der Waals surface area contributed by atoms with E-state index in [9.17, 15) is 23.6 Å². The lowest BCUT2D eigenvalue weighted by Gasteiger charge is -2.17. The van der Waals surface area contributed by atoms with Gasteiger partial charge in [-0.1, -0.05) is 15.9 Å². The van der Waals surface area contributed by atoms with Gasteiger partial charge in [-0.25, -0.2) is 4.39 Å². The zero-order valence-electron chi connectivity index (χ0n) is 15.6. The van der Waals surface area contributed by atoms with Crippen LogP contribution in [0.5, 0.6) is 0 Å². The summed E-state index contributed by atoms with van der Waals surface area (Å²) < 4.78 is 18.6. The Hall–Kier alpha value is -3.27. The van der Waals surface area contributed by atoms with Gasteiger partial charge in [0.1, 0.15) is 5.82 Å². The molecule has 3 rings (SSSR count). The van der Waals surface area contributed by atoms with Crippen molar-refractivity contribution in [2.24, 2.45) is 5.92 Å². The lowest BCUT2D eigenvalue weighted by Crippen LogP contribution is -2.43. The number of benzene rings is 2. The zero-order chi connectivity index (χ0) is 21.7. The van der Waals surface area contributed by atoms with E-state index in [0.29, 0.717) is 11.3 Å². The Kier molecular flexibility index (Phi) is 6.78. The molecule has 3 amide bonds. The summed E-state index contributed by atoms with van der Waals surface area (Å²) in [4.78, 5) is 48.4. The summed E-state index contributed by atoms with van der Waals surface area (Å²) >= 11 is 3.27. The Morgan fingerprint density at radius 1 is 1.10 bits per heavy atom. The fraction of sp³-hybridized carbons (Fsp3) is 0.200. The summed E-state index contributed by atoms with van der Waals surface area (Å²) in [7, 11) is 0.